The van der Waals surface area contributed by atoms with Gasteiger partial charge in [0, 0.05) is 0 Å². The molecule has 0 aliphatic heterocycles. The largest absolute Gasteiger partial charge is 0.0845 e. The van der Waals surface area contributed by atoms with Crippen molar-refractivity contribution < 1.29 is 0 Å². The molecule has 11 atom stereocenters. The lowest BCUT2D eigenvalue weighted by atomic mass is 9.45. The van der Waals surface area contributed by atoms with Crippen LogP contribution in [-0.4, -0.2) is 0 Å². The maximum Gasteiger partial charge on any atom is -0.00851 e. The average Bonchev–Trinajstić information content (AvgIpc) is 3.23. The highest BCUT2D eigenvalue weighted by atomic mass is 14.6. The fourth-order valence-electron chi connectivity index (χ4n) is 11.6. The van der Waals surface area contributed by atoms with E-state index < -0.39 is 0 Å². The van der Waals surface area contributed by atoms with Crippen LogP contribution in [0.15, 0.2) is 11.6 Å². The second kappa shape index (κ2) is 11.9. The second-order valence-electron chi connectivity index (χ2n) is 16.7. The molecule has 4 saturated carbocycles. The van der Waals surface area contributed by atoms with Crippen molar-refractivity contribution in [3.05, 3.63) is 11.6 Å². The molecule has 5 rings (SSSR count). The zero-order valence-electron chi connectivity index (χ0n) is 26.9. The highest BCUT2D eigenvalue weighted by molar-refractivity contribution is 5.25. The molecule has 0 saturated heterocycles. The molecule has 5 aliphatic carbocycles. The summed E-state index contributed by atoms with van der Waals surface area (Å²) in [5, 5.41) is 0. The summed E-state index contributed by atoms with van der Waals surface area (Å²) in [6.45, 7) is 17.8. The molecule has 0 radical (unpaired) electrons. The van der Waals surface area contributed by atoms with E-state index in [0.29, 0.717) is 10.8 Å². The number of rotatable bonds is 11. The fraction of sp³-hybridized carbons (Fsp3) is 0.947. The quantitative estimate of drug-likeness (QED) is 0.237. The summed E-state index contributed by atoms with van der Waals surface area (Å²) in [5.74, 6) is 9.87. The van der Waals surface area contributed by atoms with E-state index in [9.17, 15) is 0 Å². The van der Waals surface area contributed by atoms with Crippen molar-refractivity contribution in [2.24, 2.45) is 70.0 Å². The van der Waals surface area contributed by atoms with Gasteiger partial charge < -0.3 is 0 Å². The number of hydrogen-bond donors (Lipinski definition) is 0. The molecular formula is C38H66. The van der Waals surface area contributed by atoms with Crippen molar-refractivity contribution in [1.29, 1.82) is 0 Å². The van der Waals surface area contributed by atoms with E-state index in [4.69, 9.17) is 0 Å². The third-order valence-corrected chi connectivity index (χ3v) is 14.4. The fourth-order valence-corrected chi connectivity index (χ4v) is 11.6. The van der Waals surface area contributed by atoms with E-state index in [-0.39, 0.29) is 0 Å². The molecule has 0 aromatic carbocycles. The summed E-state index contributed by atoms with van der Waals surface area (Å²) in [5.41, 5.74) is 3.11. The standard InChI is InChI=1S/C38H66/c1-8-27(4)12-10-14-29-15-17-32(29)30-21-23-37(6)31(25-30)16-18-33-35-20-19-34(28(5)13-9-11-26(2)3)38(35,7)24-22-36(33)37/h16,26-30,32-36H,8-15,17-25H2,1-7H3. The Balaban J connectivity index is 1.20. The summed E-state index contributed by atoms with van der Waals surface area (Å²) in [6.07, 6.45) is 28.3. The van der Waals surface area contributed by atoms with Crippen LogP contribution in [0.1, 0.15) is 158 Å². The third-order valence-electron chi connectivity index (χ3n) is 14.4. The van der Waals surface area contributed by atoms with Crippen LogP contribution in [0, 0.1) is 70.0 Å². The Morgan fingerprint density at radius 1 is 0.816 bits per heavy atom. The Bertz CT molecular complexity index is 805. The molecule has 0 N–H and O–H groups in total. The van der Waals surface area contributed by atoms with Gasteiger partial charge in [-0.05, 0) is 134 Å². The Hall–Kier alpha value is -0.260. The van der Waals surface area contributed by atoms with Crippen LogP contribution < -0.4 is 0 Å². The van der Waals surface area contributed by atoms with E-state index in [2.05, 4.69) is 54.5 Å². The first-order valence-electron chi connectivity index (χ1n) is 17.9. The van der Waals surface area contributed by atoms with Gasteiger partial charge in [0.2, 0.25) is 0 Å². The Morgan fingerprint density at radius 3 is 2.34 bits per heavy atom. The van der Waals surface area contributed by atoms with Crippen molar-refractivity contribution in [1.82, 2.24) is 0 Å². The molecule has 218 valence electrons. The lowest BCUT2D eigenvalue weighted by Crippen LogP contribution is -2.51. The van der Waals surface area contributed by atoms with Crippen LogP contribution in [0.4, 0.5) is 0 Å². The monoisotopic (exact) mass is 523 g/mol. The van der Waals surface area contributed by atoms with Crippen LogP contribution in [0.25, 0.3) is 0 Å². The van der Waals surface area contributed by atoms with Gasteiger partial charge in [-0.3, -0.25) is 0 Å². The first-order chi connectivity index (χ1) is 18.2. The third kappa shape index (κ3) is 5.48. The molecule has 0 heteroatoms. The second-order valence-corrected chi connectivity index (χ2v) is 16.7. The summed E-state index contributed by atoms with van der Waals surface area (Å²) >= 11 is 0. The minimum absolute atomic E-state index is 0.539. The van der Waals surface area contributed by atoms with Crippen LogP contribution >= 0.6 is 0 Å². The van der Waals surface area contributed by atoms with Crippen molar-refractivity contribution in [2.45, 2.75) is 158 Å². The van der Waals surface area contributed by atoms with Gasteiger partial charge in [0.25, 0.3) is 0 Å². The highest BCUT2D eigenvalue weighted by Gasteiger charge is 2.59. The molecule has 0 bridgehead atoms. The number of hydrogen-bond acceptors (Lipinski definition) is 0. The van der Waals surface area contributed by atoms with Gasteiger partial charge in [-0.25, -0.2) is 0 Å². The lowest BCUT2D eigenvalue weighted by Gasteiger charge is -2.59. The smallest absolute Gasteiger partial charge is 0.00851 e. The molecule has 0 spiro atoms. The first-order valence-corrected chi connectivity index (χ1v) is 17.9. The van der Waals surface area contributed by atoms with Crippen LogP contribution in [0.5, 0.6) is 0 Å². The molecule has 0 nitrogen and oxygen atoms in total. The molecule has 5 aliphatic rings. The van der Waals surface area contributed by atoms with Gasteiger partial charge in [0.05, 0.1) is 0 Å². The first kappa shape index (κ1) is 29.2. The van der Waals surface area contributed by atoms with Gasteiger partial charge in [-0.2, -0.15) is 0 Å². The summed E-state index contributed by atoms with van der Waals surface area (Å²) < 4.78 is 0. The summed E-state index contributed by atoms with van der Waals surface area (Å²) in [7, 11) is 0. The van der Waals surface area contributed by atoms with E-state index >= 15 is 0 Å². The van der Waals surface area contributed by atoms with Crippen molar-refractivity contribution in [3.63, 3.8) is 0 Å². The highest BCUT2D eigenvalue weighted by Crippen LogP contribution is 2.68. The molecule has 38 heavy (non-hydrogen) atoms. The summed E-state index contributed by atoms with van der Waals surface area (Å²) in [4.78, 5) is 0. The van der Waals surface area contributed by atoms with Crippen molar-refractivity contribution in [2.75, 3.05) is 0 Å². The molecule has 0 heterocycles. The molecular weight excluding hydrogens is 456 g/mol. The minimum atomic E-state index is 0.539. The predicted molar refractivity (Wildman–Crippen MR) is 166 cm³/mol. The van der Waals surface area contributed by atoms with Gasteiger partial charge in [0.15, 0.2) is 0 Å². The van der Waals surface area contributed by atoms with E-state index in [0.717, 1.165) is 59.2 Å². The lowest BCUT2D eigenvalue weighted by molar-refractivity contribution is -0.0581. The minimum Gasteiger partial charge on any atom is -0.0845 e. The molecule has 0 aromatic rings. The van der Waals surface area contributed by atoms with E-state index in [1.807, 2.05) is 5.57 Å². The van der Waals surface area contributed by atoms with Crippen LogP contribution in [-0.2, 0) is 0 Å². The van der Waals surface area contributed by atoms with Crippen molar-refractivity contribution in [3.8, 4) is 0 Å². The van der Waals surface area contributed by atoms with Gasteiger partial charge in [-0.1, -0.05) is 105 Å². The summed E-state index contributed by atoms with van der Waals surface area (Å²) in [6, 6.07) is 0. The van der Waals surface area contributed by atoms with Gasteiger partial charge in [-0.15, -0.1) is 0 Å². The SMILES string of the molecule is CCC(C)CCCC1CCC1C1CCC2(C)C(=CCC3C2CCC2(C)C(C(C)CCCC(C)C)CCC32)C1. The predicted octanol–water partition coefficient (Wildman–Crippen LogP) is 11.9. The average molecular weight is 523 g/mol. The van der Waals surface area contributed by atoms with Gasteiger partial charge >= 0.3 is 0 Å². The molecule has 0 amide bonds. The molecule has 0 aromatic heterocycles. The van der Waals surface area contributed by atoms with Crippen LogP contribution in [0.2, 0.25) is 0 Å². The topological polar surface area (TPSA) is 0 Å². The Labute approximate surface area is 239 Å². The zero-order chi connectivity index (χ0) is 27.1. The van der Waals surface area contributed by atoms with Gasteiger partial charge in [0.1, 0.15) is 0 Å². The normalized spacial score (nSPS) is 44.0. The maximum absolute atomic E-state index is 2.86. The van der Waals surface area contributed by atoms with Crippen molar-refractivity contribution >= 4 is 0 Å². The van der Waals surface area contributed by atoms with Crippen LogP contribution in [0.3, 0.4) is 0 Å². The Morgan fingerprint density at radius 2 is 1.63 bits per heavy atom. The van der Waals surface area contributed by atoms with E-state index in [1.54, 1.807) is 25.7 Å². The number of fused-ring (bicyclic) bond motifs is 5. The zero-order valence-corrected chi connectivity index (χ0v) is 26.9. The maximum atomic E-state index is 2.86. The molecule has 4 fully saturated rings. The molecule has 11 unspecified atom stereocenters. The van der Waals surface area contributed by atoms with E-state index in [1.165, 1.54) is 83.5 Å². The number of allylic oxidation sites excluding steroid dienone is 2. The Kier molecular flexibility index (Phi) is 9.17.